The van der Waals surface area contributed by atoms with Crippen molar-refractivity contribution in [3.05, 3.63) is 83.7 Å². The molecule has 46 heavy (non-hydrogen) atoms. The number of rotatable bonds is 15. The summed E-state index contributed by atoms with van der Waals surface area (Å²) in [6.07, 6.45) is 2.86. The Labute approximate surface area is 271 Å². The fourth-order valence-corrected chi connectivity index (χ4v) is 5.56. The Bertz CT molecular complexity index is 1540. The first-order chi connectivity index (χ1) is 21.7. The van der Waals surface area contributed by atoms with Gasteiger partial charge in [-0.3, -0.25) is 9.78 Å². The number of aryl methyl sites for hydroxylation is 1. The number of carbonyl (C=O) groups excluding carboxylic acids is 2. The van der Waals surface area contributed by atoms with Crippen LogP contribution in [0, 0.1) is 0 Å². The second-order valence-corrected chi connectivity index (χ2v) is 14.1. The summed E-state index contributed by atoms with van der Waals surface area (Å²) < 4.78 is 37.9. The number of pyridine rings is 1. The van der Waals surface area contributed by atoms with E-state index >= 15 is 0 Å². The van der Waals surface area contributed by atoms with Crippen LogP contribution >= 0.6 is 0 Å². The van der Waals surface area contributed by atoms with Crippen LogP contribution in [0.4, 0.5) is 4.79 Å². The van der Waals surface area contributed by atoms with Crippen LogP contribution in [0.2, 0.25) is 0 Å². The first-order valence-corrected chi connectivity index (χ1v) is 16.9. The quantitative estimate of drug-likeness (QED) is 0.208. The summed E-state index contributed by atoms with van der Waals surface area (Å²) in [5.41, 5.74) is 2.72. The monoisotopic (exact) mass is 655 g/mol. The minimum Gasteiger partial charge on any atom is -0.490 e. The van der Waals surface area contributed by atoms with Gasteiger partial charge in [-0.05, 0) is 88.8 Å². The topological polar surface area (TPSA) is 155 Å². The van der Waals surface area contributed by atoms with Gasteiger partial charge < -0.3 is 24.6 Å². The molecule has 0 aliphatic heterocycles. The molecule has 1 aromatic heterocycles. The first kappa shape index (κ1) is 36.5. The molecule has 0 saturated carbocycles. The number of amides is 2. The standard InChI is InChI=1S/C34H45N3O8S/c1-24(2)44-31-21-27(15-16-29(31)32(40)36-46(42,43)20-8-19-38)26-13-11-25(12-14-26)9-7-18-37(33(41)45-34(3,4)5)23-30(39)28-10-6-17-35-22-28/h6,10-17,21-22,24,30,38-39H,7-9,18-20,23H2,1-5H3,(H,36,40)/t30-/m0/s1. The Morgan fingerprint density at radius 2 is 1.72 bits per heavy atom. The minimum absolute atomic E-state index is 0.0181. The lowest BCUT2D eigenvalue weighted by Crippen LogP contribution is -2.40. The van der Waals surface area contributed by atoms with Crippen molar-refractivity contribution in [2.45, 2.75) is 71.7 Å². The van der Waals surface area contributed by atoms with Crippen LogP contribution in [0.1, 0.15) is 75.0 Å². The largest absolute Gasteiger partial charge is 0.490 e. The highest BCUT2D eigenvalue weighted by molar-refractivity contribution is 7.90. The van der Waals surface area contributed by atoms with Crippen molar-refractivity contribution in [1.82, 2.24) is 14.6 Å². The number of aromatic nitrogens is 1. The van der Waals surface area contributed by atoms with E-state index in [0.29, 0.717) is 24.9 Å². The summed E-state index contributed by atoms with van der Waals surface area (Å²) in [6.45, 7) is 9.17. The maximum atomic E-state index is 12.9. The number of nitrogens with one attached hydrogen (secondary N) is 1. The second-order valence-electron chi connectivity index (χ2n) is 12.2. The molecule has 0 radical (unpaired) electrons. The van der Waals surface area contributed by atoms with Crippen molar-refractivity contribution in [3.8, 4) is 16.9 Å². The molecule has 0 aliphatic rings. The molecule has 0 fully saturated rings. The zero-order valence-corrected chi connectivity index (χ0v) is 27.9. The lowest BCUT2D eigenvalue weighted by Gasteiger charge is -2.29. The van der Waals surface area contributed by atoms with Crippen molar-refractivity contribution in [1.29, 1.82) is 0 Å². The maximum absolute atomic E-state index is 12.9. The van der Waals surface area contributed by atoms with E-state index in [1.54, 1.807) is 57.4 Å². The zero-order valence-electron chi connectivity index (χ0n) is 27.1. The maximum Gasteiger partial charge on any atom is 0.410 e. The Kier molecular flexibility index (Phi) is 13.1. The number of ether oxygens (including phenoxy) is 2. The Morgan fingerprint density at radius 3 is 2.33 bits per heavy atom. The summed E-state index contributed by atoms with van der Waals surface area (Å²) in [6, 6.07) is 16.3. The van der Waals surface area contributed by atoms with E-state index in [0.717, 1.165) is 16.7 Å². The number of aliphatic hydroxyl groups excluding tert-OH is 2. The lowest BCUT2D eigenvalue weighted by atomic mass is 10.00. The van der Waals surface area contributed by atoms with Crippen LogP contribution in [0.25, 0.3) is 11.1 Å². The molecule has 1 heterocycles. The number of carbonyl (C=O) groups is 2. The summed E-state index contributed by atoms with van der Waals surface area (Å²) in [7, 11) is -3.91. The number of hydrogen-bond donors (Lipinski definition) is 3. The fourth-order valence-electron chi connectivity index (χ4n) is 4.55. The first-order valence-electron chi connectivity index (χ1n) is 15.3. The molecule has 12 heteroatoms. The number of sulfonamides is 1. The molecule has 2 aromatic carbocycles. The molecule has 11 nitrogen and oxygen atoms in total. The summed E-state index contributed by atoms with van der Waals surface area (Å²) >= 11 is 0. The molecule has 1 atom stereocenters. The van der Waals surface area contributed by atoms with E-state index in [1.165, 1.54) is 11.0 Å². The Balaban J connectivity index is 1.70. The van der Waals surface area contributed by atoms with Crippen molar-refractivity contribution >= 4 is 22.0 Å². The van der Waals surface area contributed by atoms with Crippen LogP contribution in [0.3, 0.4) is 0 Å². The van der Waals surface area contributed by atoms with Gasteiger partial charge in [0.05, 0.1) is 30.1 Å². The number of benzene rings is 2. The highest BCUT2D eigenvalue weighted by Gasteiger charge is 2.25. The van der Waals surface area contributed by atoms with Crippen molar-refractivity contribution in [2.75, 3.05) is 25.4 Å². The van der Waals surface area contributed by atoms with Gasteiger partial charge in [0.2, 0.25) is 10.0 Å². The number of aliphatic hydroxyl groups is 2. The average Bonchev–Trinajstić information content (AvgIpc) is 2.98. The van der Waals surface area contributed by atoms with Crippen molar-refractivity contribution in [3.63, 3.8) is 0 Å². The third kappa shape index (κ3) is 11.7. The van der Waals surface area contributed by atoms with E-state index in [9.17, 15) is 23.1 Å². The van der Waals surface area contributed by atoms with Gasteiger partial charge in [-0.15, -0.1) is 0 Å². The molecule has 3 rings (SSSR count). The van der Waals surface area contributed by atoms with Gasteiger partial charge in [-0.25, -0.2) is 17.9 Å². The Morgan fingerprint density at radius 1 is 1.02 bits per heavy atom. The highest BCUT2D eigenvalue weighted by Crippen LogP contribution is 2.29. The highest BCUT2D eigenvalue weighted by atomic mass is 32.2. The van der Waals surface area contributed by atoms with E-state index in [-0.39, 0.29) is 42.7 Å². The van der Waals surface area contributed by atoms with Gasteiger partial charge in [-0.1, -0.05) is 36.4 Å². The molecule has 250 valence electrons. The van der Waals surface area contributed by atoms with E-state index in [2.05, 4.69) is 4.98 Å². The molecule has 0 spiro atoms. The molecular weight excluding hydrogens is 610 g/mol. The third-order valence-electron chi connectivity index (χ3n) is 6.70. The second kappa shape index (κ2) is 16.5. The fraction of sp³-hybridized carbons (Fsp3) is 0.441. The number of hydrogen-bond acceptors (Lipinski definition) is 9. The van der Waals surface area contributed by atoms with Gasteiger partial charge in [0.15, 0.2) is 0 Å². The predicted molar refractivity (Wildman–Crippen MR) is 176 cm³/mol. The Hall–Kier alpha value is -4.00. The van der Waals surface area contributed by atoms with Gasteiger partial charge >= 0.3 is 6.09 Å². The van der Waals surface area contributed by atoms with Crippen LogP contribution in [0.5, 0.6) is 5.75 Å². The smallest absolute Gasteiger partial charge is 0.410 e. The van der Waals surface area contributed by atoms with Gasteiger partial charge in [0.25, 0.3) is 5.91 Å². The minimum atomic E-state index is -3.91. The summed E-state index contributed by atoms with van der Waals surface area (Å²) in [5.74, 6) is -0.919. The lowest BCUT2D eigenvalue weighted by molar-refractivity contribution is 0.0141. The summed E-state index contributed by atoms with van der Waals surface area (Å²) in [4.78, 5) is 31.3. The predicted octanol–water partition coefficient (Wildman–Crippen LogP) is 4.88. The molecule has 0 aliphatic carbocycles. The average molecular weight is 656 g/mol. The van der Waals surface area contributed by atoms with Crippen molar-refractivity contribution < 1.29 is 37.7 Å². The SMILES string of the molecule is CC(C)Oc1cc(-c2ccc(CCCN(C[C@H](O)c3cccnc3)C(=O)OC(C)(C)C)cc2)ccc1C(=O)NS(=O)(=O)CCCO. The van der Waals surface area contributed by atoms with Crippen LogP contribution in [-0.2, 0) is 21.2 Å². The van der Waals surface area contributed by atoms with Crippen molar-refractivity contribution in [2.24, 2.45) is 0 Å². The van der Waals surface area contributed by atoms with E-state index in [1.807, 2.05) is 42.8 Å². The summed E-state index contributed by atoms with van der Waals surface area (Å²) in [5, 5.41) is 19.7. The van der Waals surface area contributed by atoms with E-state index in [4.69, 9.17) is 14.6 Å². The molecule has 3 aromatic rings. The normalized spacial score (nSPS) is 12.4. The molecule has 0 bridgehead atoms. The molecular formula is C34H45N3O8S. The van der Waals surface area contributed by atoms with Gasteiger partial charge in [-0.2, -0.15) is 0 Å². The molecule has 0 saturated heterocycles. The third-order valence-corrected chi connectivity index (χ3v) is 8.03. The van der Waals surface area contributed by atoms with Crippen LogP contribution < -0.4 is 9.46 Å². The zero-order chi connectivity index (χ0) is 33.9. The van der Waals surface area contributed by atoms with Crippen LogP contribution in [-0.4, -0.2) is 77.7 Å². The van der Waals surface area contributed by atoms with Crippen LogP contribution in [0.15, 0.2) is 67.0 Å². The van der Waals surface area contributed by atoms with Gasteiger partial charge in [0, 0.05) is 31.1 Å². The number of nitrogens with zero attached hydrogens (tertiary/aromatic N) is 2. The molecule has 0 unspecified atom stereocenters. The van der Waals surface area contributed by atoms with Gasteiger partial charge in [0.1, 0.15) is 11.4 Å². The molecule has 3 N–H and O–H groups in total. The van der Waals surface area contributed by atoms with E-state index < -0.39 is 33.7 Å². The molecule has 2 amide bonds.